The standard InChI is InChI=1S/C18H15F2NO3/c19-15-7-2-5-13(17(15)20)11-24-18(23)12-4-1-6-14(10-12)21-9-3-8-16(21)22/h1-2,4-7,10H,3,8-9,11H2. The molecule has 0 N–H and O–H groups in total. The number of esters is 1. The highest BCUT2D eigenvalue weighted by atomic mass is 19.2. The number of halogens is 2. The highest BCUT2D eigenvalue weighted by Gasteiger charge is 2.22. The van der Waals surface area contributed by atoms with E-state index in [9.17, 15) is 18.4 Å². The van der Waals surface area contributed by atoms with Gasteiger partial charge >= 0.3 is 5.97 Å². The average molecular weight is 331 g/mol. The van der Waals surface area contributed by atoms with Crippen molar-refractivity contribution < 1.29 is 23.1 Å². The molecule has 0 unspecified atom stereocenters. The fourth-order valence-corrected chi connectivity index (χ4v) is 2.61. The first-order valence-corrected chi connectivity index (χ1v) is 7.56. The molecular weight excluding hydrogens is 316 g/mol. The second-order valence-electron chi connectivity index (χ2n) is 5.49. The van der Waals surface area contributed by atoms with Crippen molar-refractivity contribution in [3.63, 3.8) is 0 Å². The number of ether oxygens (including phenoxy) is 1. The molecule has 1 aliphatic heterocycles. The summed E-state index contributed by atoms with van der Waals surface area (Å²) in [5.41, 5.74) is 0.849. The molecule has 1 heterocycles. The Bertz CT molecular complexity index is 792. The van der Waals surface area contributed by atoms with Gasteiger partial charge in [-0.05, 0) is 30.7 Å². The molecular formula is C18H15F2NO3. The number of anilines is 1. The van der Waals surface area contributed by atoms with E-state index in [0.717, 1.165) is 12.5 Å². The lowest BCUT2D eigenvalue weighted by atomic mass is 10.2. The van der Waals surface area contributed by atoms with Crippen molar-refractivity contribution in [3.05, 3.63) is 65.2 Å². The van der Waals surface area contributed by atoms with Crippen LogP contribution in [0.15, 0.2) is 42.5 Å². The van der Waals surface area contributed by atoms with Crippen molar-refractivity contribution in [1.82, 2.24) is 0 Å². The van der Waals surface area contributed by atoms with Crippen molar-refractivity contribution in [3.8, 4) is 0 Å². The van der Waals surface area contributed by atoms with Gasteiger partial charge in [0.05, 0.1) is 5.56 Å². The number of hydrogen-bond donors (Lipinski definition) is 0. The molecule has 0 atom stereocenters. The van der Waals surface area contributed by atoms with Crippen LogP contribution in [0.4, 0.5) is 14.5 Å². The van der Waals surface area contributed by atoms with Gasteiger partial charge in [-0.3, -0.25) is 4.79 Å². The Morgan fingerprint density at radius 3 is 2.71 bits per heavy atom. The Hall–Kier alpha value is -2.76. The van der Waals surface area contributed by atoms with E-state index in [0.29, 0.717) is 18.7 Å². The lowest BCUT2D eigenvalue weighted by Gasteiger charge is -2.16. The van der Waals surface area contributed by atoms with Crippen LogP contribution < -0.4 is 4.90 Å². The molecule has 2 aromatic rings. The van der Waals surface area contributed by atoms with Gasteiger partial charge in [0.1, 0.15) is 6.61 Å². The summed E-state index contributed by atoms with van der Waals surface area (Å²) in [6.45, 7) is 0.251. The van der Waals surface area contributed by atoms with E-state index in [-0.39, 0.29) is 23.6 Å². The second kappa shape index (κ2) is 6.78. The van der Waals surface area contributed by atoms with Crippen LogP contribution in [0, 0.1) is 11.6 Å². The van der Waals surface area contributed by atoms with Crippen LogP contribution in [0.2, 0.25) is 0 Å². The van der Waals surface area contributed by atoms with Gasteiger partial charge < -0.3 is 9.64 Å². The quantitative estimate of drug-likeness (QED) is 0.806. The van der Waals surface area contributed by atoms with Gasteiger partial charge in [-0.1, -0.05) is 18.2 Å². The van der Waals surface area contributed by atoms with Crippen LogP contribution in [0.1, 0.15) is 28.8 Å². The van der Waals surface area contributed by atoms with Crippen molar-refractivity contribution in [2.45, 2.75) is 19.4 Å². The molecule has 24 heavy (non-hydrogen) atoms. The summed E-state index contributed by atoms with van der Waals surface area (Å²) in [4.78, 5) is 25.5. The summed E-state index contributed by atoms with van der Waals surface area (Å²) in [6, 6.07) is 10.2. The summed E-state index contributed by atoms with van der Waals surface area (Å²) in [6.07, 6.45) is 1.28. The van der Waals surface area contributed by atoms with Crippen molar-refractivity contribution in [2.24, 2.45) is 0 Å². The monoisotopic (exact) mass is 331 g/mol. The molecule has 1 amide bonds. The Labute approximate surface area is 137 Å². The summed E-state index contributed by atoms with van der Waals surface area (Å²) < 4.78 is 31.7. The number of carbonyl (C=O) groups is 2. The van der Waals surface area contributed by atoms with Crippen LogP contribution in [0.5, 0.6) is 0 Å². The minimum atomic E-state index is -1.03. The maximum Gasteiger partial charge on any atom is 0.338 e. The Morgan fingerprint density at radius 2 is 1.96 bits per heavy atom. The molecule has 6 heteroatoms. The van der Waals surface area contributed by atoms with E-state index in [1.165, 1.54) is 12.1 Å². The first-order valence-electron chi connectivity index (χ1n) is 7.56. The molecule has 0 aromatic heterocycles. The smallest absolute Gasteiger partial charge is 0.338 e. The van der Waals surface area contributed by atoms with Crippen LogP contribution in [0.3, 0.4) is 0 Å². The first kappa shape index (κ1) is 16.1. The van der Waals surface area contributed by atoms with Gasteiger partial charge in [-0.25, -0.2) is 13.6 Å². The van der Waals surface area contributed by atoms with Crippen LogP contribution in [0.25, 0.3) is 0 Å². The predicted octanol–water partition coefficient (Wildman–Crippen LogP) is 3.45. The predicted molar refractivity (Wildman–Crippen MR) is 83.5 cm³/mol. The third-order valence-corrected chi connectivity index (χ3v) is 3.86. The largest absolute Gasteiger partial charge is 0.457 e. The van der Waals surface area contributed by atoms with Crippen LogP contribution in [-0.4, -0.2) is 18.4 Å². The molecule has 1 aliphatic rings. The third-order valence-electron chi connectivity index (χ3n) is 3.86. The molecule has 1 fully saturated rings. The van der Waals surface area contributed by atoms with E-state index >= 15 is 0 Å². The van der Waals surface area contributed by atoms with Crippen molar-refractivity contribution in [1.29, 1.82) is 0 Å². The van der Waals surface area contributed by atoms with Gasteiger partial charge in [-0.2, -0.15) is 0 Å². The van der Waals surface area contributed by atoms with Gasteiger partial charge in [0.15, 0.2) is 11.6 Å². The molecule has 0 spiro atoms. The van der Waals surface area contributed by atoms with E-state index in [1.54, 1.807) is 29.2 Å². The lowest BCUT2D eigenvalue weighted by molar-refractivity contribution is -0.117. The van der Waals surface area contributed by atoms with E-state index < -0.39 is 17.6 Å². The summed E-state index contributed by atoms with van der Waals surface area (Å²) >= 11 is 0. The summed E-state index contributed by atoms with van der Waals surface area (Å²) in [7, 11) is 0. The molecule has 4 nitrogen and oxygen atoms in total. The summed E-state index contributed by atoms with van der Waals surface area (Å²) in [5, 5.41) is 0. The summed E-state index contributed by atoms with van der Waals surface area (Å²) in [5.74, 6) is -2.66. The third kappa shape index (κ3) is 3.27. The number of nitrogens with zero attached hydrogens (tertiary/aromatic N) is 1. The van der Waals surface area contributed by atoms with Crippen molar-refractivity contribution in [2.75, 3.05) is 11.4 Å². The molecule has 0 radical (unpaired) electrons. The maximum atomic E-state index is 13.6. The second-order valence-corrected chi connectivity index (χ2v) is 5.49. The minimum Gasteiger partial charge on any atom is -0.457 e. The minimum absolute atomic E-state index is 0.0161. The van der Waals surface area contributed by atoms with E-state index in [1.807, 2.05) is 0 Å². The fourth-order valence-electron chi connectivity index (χ4n) is 2.61. The highest BCUT2D eigenvalue weighted by molar-refractivity contribution is 5.97. The normalized spacial score (nSPS) is 14.1. The number of hydrogen-bond acceptors (Lipinski definition) is 3. The SMILES string of the molecule is O=C(OCc1cccc(F)c1F)c1cccc(N2CCCC2=O)c1. The molecule has 124 valence electrons. The number of rotatable bonds is 4. The van der Waals surface area contributed by atoms with E-state index in [2.05, 4.69) is 0 Å². The van der Waals surface area contributed by atoms with E-state index in [4.69, 9.17) is 4.74 Å². The molecule has 2 aromatic carbocycles. The first-order chi connectivity index (χ1) is 11.6. The Morgan fingerprint density at radius 1 is 1.17 bits per heavy atom. The molecule has 3 rings (SSSR count). The highest BCUT2D eigenvalue weighted by Crippen LogP contribution is 2.23. The molecule has 1 saturated heterocycles. The van der Waals surface area contributed by atoms with Gasteiger partial charge in [0.25, 0.3) is 0 Å². The maximum absolute atomic E-state index is 13.6. The van der Waals surface area contributed by atoms with Crippen LogP contribution in [-0.2, 0) is 16.1 Å². The van der Waals surface area contributed by atoms with Gasteiger partial charge in [0, 0.05) is 24.2 Å². The number of amides is 1. The fraction of sp³-hybridized carbons (Fsp3) is 0.222. The number of carbonyl (C=O) groups excluding carboxylic acids is 2. The van der Waals surface area contributed by atoms with Crippen LogP contribution >= 0.6 is 0 Å². The van der Waals surface area contributed by atoms with Gasteiger partial charge in [-0.15, -0.1) is 0 Å². The number of benzene rings is 2. The van der Waals surface area contributed by atoms with Crippen molar-refractivity contribution >= 4 is 17.6 Å². The zero-order valence-corrected chi connectivity index (χ0v) is 12.8. The average Bonchev–Trinajstić information content (AvgIpc) is 3.02. The van der Waals surface area contributed by atoms with Gasteiger partial charge in [0.2, 0.25) is 5.91 Å². The lowest BCUT2D eigenvalue weighted by Crippen LogP contribution is -2.23. The zero-order valence-electron chi connectivity index (χ0n) is 12.8. The zero-order chi connectivity index (χ0) is 17.1. The topological polar surface area (TPSA) is 46.6 Å². The Kier molecular flexibility index (Phi) is 4.55. The Balaban J connectivity index is 1.71. The molecule has 0 aliphatic carbocycles. The molecule has 0 saturated carbocycles. The molecule has 0 bridgehead atoms.